The Hall–Kier alpha value is -1.69. The highest BCUT2D eigenvalue weighted by molar-refractivity contribution is 5.56. The number of rotatable bonds is 4. The maximum Gasteiger partial charge on any atom is 0.386 e. The van der Waals surface area contributed by atoms with Gasteiger partial charge in [0, 0.05) is 12.1 Å². The molecule has 0 spiro atoms. The van der Waals surface area contributed by atoms with E-state index in [1.54, 1.807) is 12.1 Å². The van der Waals surface area contributed by atoms with Crippen molar-refractivity contribution in [2.24, 2.45) is 5.73 Å². The van der Waals surface area contributed by atoms with Gasteiger partial charge in [-0.05, 0) is 35.9 Å². The van der Waals surface area contributed by atoms with Gasteiger partial charge in [-0.15, -0.1) is 0 Å². The van der Waals surface area contributed by atoms with Gasteiger partial charge in [0.15, 0.2) is 0 Å². The smallest absolute Gasteiger partial charge is 0.376 e. The molecule has 1 heterocycles. The Morgan fingerprint density at radius 3 is 2.87 bits per heavy atom. The zero-order chi connectivity index (χ0) is 11.5. The summed E-state index contributed by atoms with van der Waals surface area (Å²) >= 11 is 0. The molecular weight excluding hydrogens is 196 g/mol. The number of nitrogens with one attached hydrogen (secondary N) is 1. The van der Waals surface area contributed by atoms with Crippen LogP contribution in [0.1, 0.15) is 13.8 Å². The summed E-state index contributed by atoms with van der Waals surface area (Å²) in [5, 5.41) is 13.5. The molecule has 0 aromatic carbocycles. The summed E-state index contributed by atoms with van der Waals surface area (Å²) in [5.74, 6) is -0.179. The van der Waals surface area contributed by atoms with E-state index in [1.165, 1.54) is 6.20 Å². The van der Waals surface area contributed by atoms with E-state index < -0.39 is 10.5 Å². The van der Waals surface area contributed by atoms with Gasteiger partial charge >= 0.3 is 5.82 Å². The summed E-state index contributed by atoms with van der Waals surface area (Å²) < 4.78 is 0. The molecule has 0 saturated carbocycles. The highest BCUT2D eigenvalue weighted by atomic mass is 16.6. The van der Waals surface area contributed by atoms with Crippen molar-refractivity contribution < 1.29 is 4.92 Å². The number of hydrogen-bond acceptors (Lipinski definition) is 5. The van der Waals surface area contributed by atoms with Crippen LogP contribution in [0.15, 0.2) is 18.3 Å². The molecule has 0 amide bonds. The molecule has 6 nitrogen and oxygen atoms in total. The Morgan fingerprint density at radius 2 is 2.33 bits per heavy atom. The number of hydrogen-bond donors (Lipinski definition) is 2. The van der Waals surface area contributed by atoms with E-state index in [-0.39, 0.29) is 5.82 Å². The van der Waals surface area contributed by atoms with E-state index in [0.29, 0.717) is 12.2 Å². The number of nitro groups is 1. The van der Waals surface area contributed by atoms with E-state index in [9.17, 15) is 10.1 Å². The summed E-state index contributed by atoms with van der Waals surface area (Å²) in [5.41, 5.74) is 5.72. The highest BCUT2D eigenvalue weighted by Gasteiger charge is 2.16. The van der Waals surface area contributed by atoms with Crippen LogP contribution < -0.4 is 11.1 Å². The lowest BCUT2D eigenvalue weighted by atomic mass is 10.1. The normalized spacial score (nSPS) is 11.1. The van der Waals surface area contributed by atoms with Crippen LogP contribution in [-0.4, -0.2) is 22.0 Å². The third-order valence-corrected chi connectivity index (χ3v) is 1.69. The molecule has 0 fully saturated rings. The molecule has 82 valence electrons. The van der Waals surface area contributed by atoms with Gasteiger partial charge in [0.25, 0.3) is 0 Å². The van der Waals surface area contributed by atoms with Crippen molar-refractivity contribution in [2.75, 3.05) is 11.9 Å². The van der Waals surface area contributed by atoms with Crippen LogP contribution in [0.2, 0.25) is 0 Å². The Morgan fingerprint density at radius 1 is 1.67 bits per heavy atom. The molecule has 0 saturated heterocycles. The SMILES string of the molecule is CC(C)(N)CNc1cccnc1[N+](=O)[O-]. The van der Waals surface area contributed by atoms with Gasteiger partial charge < -0.3 is 21.2 Å². The summed E-state index contributed by atoms with van der Waals surface area (Å²) in [6, 6.07) is 3.25. The predicted molar refractivity (Wildman–Crippen MR) is 57.6 cm³/mol. The fourth-order valence-corrected chi connectivity index (χ4v) is 1.00. The van der Waals surface area contributed by atoms with Gasteiger partial charge in [-0.25, -0.2) is 0 Å². The number of aromatic nitrogens is 1. The Balaban J connectivity index is 2.81. The second kappa shape index (κ2) is 4.22. The minimum atomic E-state index is -0.522. The average Bonchev–Trinajstić information content (AvgIpc) is 2.14. The molecular formula is C9H14N4O2. The zero-order valence-corrected chi connectivity index (χ0v) is 8.73. The minimum absolute atomic E-state index is 0.179. The van der Waals surface area contributed by atoms with E-state index in [1.807, 2.05) is 13.8 Å². The van der Waals surface area contributed by atoms with Crippen LogP contribution in [0.3, 0.4) is 0 Å². The van der Waals surface area contributed by atoms with Gasteiger partial charge in [-0.2, -0.15) is 0 Å². The first-order valence-electron chi connectivity index (χ1n) is 4.52. The van der Waals surface area contributed by atoms with E-state index in [4.69, 9.17) is 5.73 Å². The van der Waals surface area contributed by atoms with Gasteiger partial charge in [0.2, 0.25) is 0 Å². The van der Waals surface area contributed by atoms with Crippen LogP contribution in [0.25, 0.3) is 0 Å². The predicted octanol–water partition coefficient (Wildman–Crippen LogP) is 1.14. The fourth-order valence-electron chi connectivity index (χ4n) is 1.00. The first-order chi connectivity index (χ1) is 6.90. The van der Waals surface area contributed by atoms with Gasteiger partial charge in [-0.1, -0.05) is 0 Å². The van der Waals surface area contributed by atoms with Crippen molar-refractivity contribution in [1.82, 2.24) is 4.98 Å². The molecule has 1 aromatic rings. The third-order valence-electron chi connectivity index (χ3n) is 1.69. The summed E-state index contributed by atoms with van der Waals surface area (Å²) in [6.45, 7) is 4.12. The molecule has 6 heteroatoms. The van der Waals surface area contributed by atoms with Crippen molar-refractivity contribution in [1.29, 1.82) is 0 Å². The van der Waals surface area contributed by atoms with Crippen LogP contribution in [0.5, 0.6) is 0 Å². The van der Waals surface area contributed by atoms with Crippen LogP contribution in [0, 0.1) is 10.1 Å². The Kier molecular flexibility index (Phi) is 3.21. The molecule has 0 aliphatic heterocycles. The molecule has 0 radical (unpaired) electrons. The highest BCUT2D eigenvalue weighted by Crippen LogP contribution is 2.20. The molecule has 15 heavy (non-hydrogen) atoms. The molecule has 1 aromatic heterocycles. The molecule has 3 N–H and O–H groups in total. The second-order valence-corrected chi connectivity index (χ2v) is 3.97. The second-order valence-electron chi connectivity index (χ2n) is 3.97. The number of nitrogens with zero attached hydrogens (tertiary/aromatic N) is 2. The molecule has 0 aliphatic carbocycles. The van der Waals surface area contributed by atoms with E-state index in [2.05, 4.69) is 10.3 Å². The first kappa shape index (κ1) is 11.4. The maximum absolute atomic E-state index is 10.6. The van der Waals surface area contributed by atoms with Crippen molar-refractivity contribution in [3.8, 4) is 0 Å². The van der Waals surface area contributed by atoms with Crippen molar-refractivity contribution in [3.63, 3.8) is 0 Å². The third kappa shape index (κ3) is 3.51. The van der Waals surface area contributed by atoms with Gasteiger partial charge in [-0.3, -0.25) is 0 Å². The minimum Gasteiger partial charge on any atom is -0.376 e. The van der Waals surface area contributed by atoms with Crippen LogP contribution in [-0.2, 0) is 0 Å². The molecule has 0 aliphatic rings. The number of anilines is 1. The lowest BCUT2D eigenvalue weighted by molar-refractivity contribution is -0.388. The topological polar surface area (TPSA) is 94.1 Å². The van der Waals surface area contributed by atoms with Gasteiger partial charge in [0.05, 0.1) is 0 Å². The average molecular weight is 210 g/mol. The van der Waals surface area contributed by atoms with Crippen LogP contribution in [0.4, 0.5) is 11.5 Å². The number of pyridine rings is 1. The standard InChI is InChI=1S/C9H14N4O2/c1-9(2,10)6-12-7-4-3-5-11-8(7)13(14)15/h3-5,12H,6,10H2,1-2H3. The molecule has 0 bridgehead atoms. The first-order valence-corrected chi connectivity index (χ1v) is 4.52. The molecule has 0 unspecified atom stereocenters. The largest absolute Gasteiger partial charge is 0.386 e. The van der Waals surface area contributed by atoms with Gasteiger partial charge in [0.1, 0.15) is 11.9 Å². The maximum atomic E-state index is 10.6. The quantitative estimate of drug-likeness (QED) is 0.574. The molecule has 1 rings (SSSR count). The lowest BCUT2D eigenvalue weighted by Gasteiger charge is -2.19. The summed E-state index contributed by atoms with van der Waals surface area (Å²) in [6.07, 6.45) is 1.39. The molecule has 0 atom stereocenters. The fraction of sp³-hybridized carbons (Fsp3) is 0.444. The van der Waals surface area contributed by atoms with E-state index in [0.717, 1.165) is 0 Å². The van der Waals surface area contributed by atoms with E-state index >= 15 is 0 Å². The lowest BCUT2D eigenvalue weighted by Crippen LogP contribution is -2.39. The Bertz CT molecular complexity index is 359. The van der Waals surface area contributed by atoms with Crippen LogP contribution >= 0.6 is 0 Å². The summed E-state index contributed by atoms with van der Waals surface area (Å²) in [4.78, 5) is 13.8. The monoisotopic (exact) mass is 210 g/mol. The Labute approximate surface area is 87.7 Å². The van der Waals surface area contributed by atoms with Crippen molar-refractivity contribution in [3.05, 3.63) is 28.4 Å². The van der Waals surface area contributed by atoms with Crippen molar-refractivity contribution >= 4 is 11.5 Å². The number of nitrogens with two attached hydrogens (primary N) is 1. The zero-order valence-electron chi connectivity index (χ0n) is 8.73. The van der Waals surface area contributed by atoms with Crippen molar-refractivity contribution in [2.45, 2.75) is 19.4 Å². The summed E-state index contributed by atoms with van der Waals surface area (Å²) in [7, 11) is 0.